The van der Waals surface area contributed by atoms with Gasteiger partial charge in [-0.25, -0.2) is 0 Å². The highest BCUT2D eigenvalue weighted by molar-refractivity contribution is 5.82. The molecule has 1 fully saturated rings. The lowest BCUT2D eigenvalue weighted by Crippen LogP contribution is -2.39. The topological polar surface area (TPSA) is 49.4 Å². The Kier molecular flexibility index (Phi) is 3.49. The van der Waals surface area contributed by atoms with Crippen molar-refractivity contribution >= 4 is 11.8 Å². The summed E-state index contributed by atoms with van der Waals surface area (Å²) in [5, 5.41) is 2.87. The van der Waals surface area contributed by atoms with Gasteiger partial charge < -0.3 is 10.2 Å². The monoisotopic (exact) mass is 200 g/mol. The number of nitrogens with one attached hydrogen (secondary N) is 1. The van der Waals surface area contributed by atoms with Crippen molar-refractivity contribution in [2.45, 2.75) is 33.2 Å². The molecule has 0 aromatic rings. The normalized spacial score (nSPS) is 21.9. The zero-order valence-corrected chi connectivity index (χ0v) is 9.04. The first-order valence-electron chi connectivity index (χ1n) is 5.12. The van der Waals surface area contributed by atoms with E-state index in [2.05, 4.69) is 5.32 Å². The van der Waals surface area contributed by atoms with E-state index in [4.69, 9.17) is 0 Å². The third-order valence-corrected chi connectivity index (χ3v) is 2.47. The zero-order valence-electron chi connectivity index (χ0n) is 9.04. The number of carbonyl (C=O) groups is 2. The molecular weight excluding hydrogens is 180 g/mol. The standard InChI is InChI=1S/C10H18N2O2.H2/c1-4-12-6-8(5-9(12)13)11-10(14)7(2)3;/h7-8H,4-6H2,1-3H3,(H,11,14);1H/t8-;/m1./s1. The van der Waals surface area contributed by atoms with Crippen molar-refractivity contribution in [3.8, 4) is 0 Å². The molecule has 4 heteroatoms. The van der Waals surface area contributed by atoms with Gasteiger partial charge in [0, 0.05) is 26.9 Å². The van der Waals surface area contributed by atoms with Crippen LogP contribution < -0.4 is 5.32 Å². The quantitative estimate of drug-likeness (QED) is 0.726. The second-order valence-electron chi connectivity index (χ2n) is 4.00. The van der Waals surface area contributed by atoms with Crippen molar-refractivity contribution in [3.05, 3.63) is 0 Å². The van der Waals surface area contributed by atoms with Gasteiger partial charge >= 0.3 is 0 Å². The summed E-state index contributed by atoms with van der Waals surface area (Å²) < 4.78 is 0. The molecule has 0 spiro atoms. The van der Waals surface area contributed by atoms with E-state index in [1.807, 2.05) is 20.8 Å². The smallest absolute Gasteiger partial charge is 0.224 e. The predicted molar refractivity (Wildman–Crippen MR) is 55.8 cm³/mol. The van der Waals surface area contributed by atoms with Gasteiger partial charge in [-0.1, -0.05) is 13.8 Å². The van der Waals surface area contributed by atoms with E-state index < -0.39 is 0 Å². The van der Waals surface area contributed by atoms with E-state index in [1.165, 1.54) is 0 Å². The Hall–Kier alpha value is -1.06. The first kappa shape index (κ1) is 11.0. The summed E-state index contributed by atoms with van der Waals surface area (Å²) in [5.41, 5.74) is 0. The second kappa shape index (κ2) is 4.44. The predicted octanol–water partition coefficient (Wildman–Crippen LogP) is 0.625. The van der Waals surface area contributed by atoms with E-state index >= 15 is 0 Å². The van der Waals surface area contributed by atoms with E-state index in [1.54, 1.807) is 4.90 Å². The van der Waals surface area contributed by atoms with Gasteiger partial charge in [0.1, 0.15) is 0 Å². The summed E-state index contributed by atoms with van der Waals surface area (Å²) in [5.74, 6) is 0.156. The number of nitrogens with zero attached hydrogens (tertiary/aromatic N) is 1. The van der Waals surface area contributed by atoms with Gasteiger partial charge in [-0.2, -0.15) is 0 Å². The summed E-state index contributed by atoms with van der Waals surface area (Å²) in [6, 6.07) is 0.0114. The van der Waals surface area contributed by atoms with Gasteiger partial charge in [0.05, 0.1) is 6.04 Å². The van der Waals surface area contributed by atoms with Crippen molar-refractivity contribution in [2.24, 2.45) is 5.92 Å². The summed E-state index contributed by atoms with van der Waals surface area (Å²) in [7, 11) is 0. The summed E-state index contributed by atoms with van der Waals surface area (Å²) in [6.45, 7) is 7.04. The van der Waals surface area contributed by atoms with Gasteiger partial charge in [0.15, 0.2) is 0 Å². The fourth-order valence-corrected chi connectivity index (χ4v) is 1.54. The molecule has 1 aliphatic rings. The van der Waals surface area contributed by atoms with Crippen LogP contribution in [-0.2, 0) is 9.59 Å². The third-order valence-electron chi connectivity index (χ3n) is 2.47. The van der Waals surface area contributed by atoms with E-state index in [0.717, 1.165) is 6.54 Å². The van der Waals surface area contributed by atoms with E-state index in [0.29, 0.717) is 13.0 Å². The van der Waals surface area contributed by atoms with Gasteiger partial charge in [-0.05, 0) is 6.92 Å². The Morgan fingerprint density at radius 3 is 2.79 bits per heavy atom. The van der Waals surface area contributed by atoms with Crippen molar-refractivity contribution in [3.63, 3.8) is 0 Å². The van der Waals surface area contributed by atoms with Crippen LogP contribution in [0.25, 0.3) is 0 Å². The van der Waals surface area contributed by atoms with Crippen LogP contribution in [0.1, 0.15) is 28.6 Å². The maximum atomic E-state index is 11.4. The zero-order chi connectivity index (χ0) is 10.7. The lowest BCUT2D eigenvalue weighted by molar-refractivity contribution is -0.127. The fraction of sp³-hybridized carbons (Fsp3) is 0.800. The first-order valence-corrected chi connectivity index (χ1v) is 5.12. The molecule has 1 heterocycles. The van der Waals surface area contributed by atoms with Crippen LogP contribution in [0, 0.1) is 5.92 Å². The molecule has 4 nitrogen and oxygen atoms in total. The molecule has 0 bridgehead atoms. The molecule has 2 amide bonds. The van der Waals surface area contributed by atoms with E-state index in [9.17, 15) is 9.59 Å². The van der Waals surface area contributed by atoms with Gasteiger partial charge in [0.25, 0.3) is 0 Å². The molecule has 1 aliphatic heterocycles. The lowest BCUT2D eigenvalue weighted by Gasteiger charge is -2.15. The van der Waals surface area contributed by atoms with Gasteiger partial charge in [-0.3, -0.25) is 9.59 Å². The van der Waals surface area contributed by atoms with Crippen LogP contribution >= 0.6 is 0 Å². The van der Waals surface area contributed by atoms with Crippen LogP contribution in [0.5, 0.6) is 0 Å². The number of carbonyl (C=O) groups excluding carboxylic acids is 2. The van der Waals surface area contributed by atoms with Crippen molar-refractivity contribution in [1.29, 1.82) is 0 Å². The molecule has 0 saturated carbocycles. The highest BCUT2D eigenvalue weighted by Crippen LogP contribution is 2.10. The number of hydrogen-bond donors (Lipinski definition) is 1. The molecule has 1 N–H and O–H groups in total. The molecule has 82 valence electrons. The Morgan fingerprint density at radius 1 is 1.71 bits per heavy atom. The van der Waals surface area contributed by atoms with Crippen molar-refractivity contribution in [2.75, 3.05) is 13.1 Å². The highest BCUT2D eigenvalue weighted by Gasteiger charge is 2.29. The fourth-order valence-electron chi connectivity index (χ4n) is 1.54. The number of likely N-dealkylation sites (tertiary alicyclic amines) is 1. The van der Waals surface area contributed by atoms with Crippen LogP contribution in [0.3, 0.4) is 0 Å². The largest absolute Gasteiger partial charge is 0.351 e. The molecule has 14 heavy (non-hydrogen) atoms. The van der Waals surface area contributed by atoms with E-state index in [-0.39, 0.29) is 25.2 Å². The Morgan fingerprint density at radius 2 is 2.36 bits per heavy atom. The third kappa shape index (κ3) is 2.47. The highest BCUT2D eigenvalue weighted by atomic mass is 16.2. The average molecular weight is 200 g/mol. The molecule has 0 aromatic heterocycles. The molecule has 1 rings (SSSR count). The summed E-state index contributed by atoms with van der Waals surface area (Å²) in [6.07, 6.45) is 0.451. The minimum Gasteiger partial charge on any atom is -0.351 e. The van der Waals surface area contributed by atoms with Crippen LogP contribution in [-0.4, -0.2) is 35.8 Å². The summed E-state index contributed by atoms with van der Waals surface area (Å²) in [4.78, 5) is 24.5. The number of amides is 2. The molecule has 0 unspecified atom stereocenters. The average Bonchev–Trinajstić information content (AvgIpc) is 2.45. The first-order chi connectivity index (χ1) is 6.54. The van der Waals surface area contributed by atoms with Gasteiger partial charge in [-0.15, -0.1) is 0 Å². The molecule has 1 saturated heterocycles. The summed E-state index contributed by atoms with van der Waals surface area (Å²) >= 11 is 0. The number of hydrogen-bond acceptors (Lipinski definition) is 2. The van der Waals surface area contributed by atoms with Crippen LogP contribution in [0.15, 0.2) is 0 Å². The van der Waals surface area contributed by atoms with Crippen molar-refractivity contribution < 1.29 is 11.0 Å². The minimum atomic E-state index is -0.0132. The van der Waals surface area contributed by atoms with Gasteiger partial charge in [0.2, 0.25) is 11.8 Å². The second-order valence-corrected chi connectivity index (χ2v) is 4.00. The molecule has 0 radical (unpaired) electrons. The number of likely N-dealkylation sites (N-methyl/N-ethyl adjacent to an activating group) is 1. The number of rotatable bonds is 3. The minimum absolute atomic E-state index is 0. The maximum absolute atomic E-state index is 11.4. The molecule has 1 atom stereocenters. The molecule has 0 aromatic carbocycles. The molecular formula is C10H20N2O2. The van der Waals surface area contributed by atoms with Crippen LogP contribution in [0.2, 0.25) is 0 Å². The SMILES string of the molecule is CCN1C[C@H](NC(=O)C(C)C)CC1=O.[HH]. The molecule has 0 aliphatic carbocycles. The Labute approximate surface area is 86.1 Å². The maximum Gasteiger partial charge on any atom is 0.224 e. The van der Waals surface area contributed by atoms with Crippen molar-refractivity contribution in [1.82, 2.24) is 10.2 Å². The Bertz CT molecular complexity index is 244. The lowest BCUT2D eigenvalue weighted by atomic mass is 10.2. The van der Waals surface area contributed by atoms with Crippen LogP contribution in [0.4, 0.5) is 0 Å². The Balaban J connectivity index is 0.00000196.